The van der Waals surface area contributed by atoms with Gasteiger partial charge in [-0.1, -0.05) is 6.07 Å². The van der Waals surface area contributed by atoms with E-state index in [1.54, 1.807) is 24.5 Å². The van der Waals surface area contributed by atoms with Gasteiger partial charge in [0.05, 0.1) is 11.1 Å². The van der Waals surface area contributed by atoms with Gasteiger partial charge in [0, 0.05) is 18.0 Å². The second-order valence-electron chi connectivity index (χ2n) is 3.37. The number of aromatic nitrogens is 3. The number of nitro groups is 1. The van der Waals surface area contributed by atoms with Gasteiger partial charge >= 0.3 is 5.69 Å². The van der Waals surface area contributed by atoms with Gasteiger partial charge in [0.1, 0.15) is 6.33 Å². The quantitative estimate of drug-likeness (QED) is 0.471. The van der Waals surface area contributed by atoms with Crippen molar-refractivity contribution in [1.29, 1.82) is 0 Å². The van der Waals surface area contributed by atoms with Crippen molar-refractivity contribution in [2.24, 2.45) is 5.10 Å². The Morgan fingerprint density at radius 3 is 3.00 bits per heavy atom. The lowest BCUT2D eigenvalue weighted by molar-refractivity contribution is -0.383. The smallest absolute Gasteiger partial charge is 0.354 e. The number of hydrogen-bond donors (Lipinski definition) is 2. The van der Waals surface area contributed by atoms with Crippen molar-refractivity contribution in [1.82, 2.24) is 15.0 Å². The first-order valence-electron chi connectivity index (χ1n) is 5.12. The lowest BCUT2D eigenvalue weighted by atomic mass is 10.3. The van der Waals surface area contributed by atoms with Gasteiger partial charge in [-0.3, -0.25) is 20.5 Å². The molecule has 3 N–H and O–H groups in total. The summed E-state index contributed by atoms with van der Waals surface area (Å²) < 4.78 is 0. The van der Waals surface area contributed by atoms with E-state index in [1.807, 2.05) is 0 Å². The maximum absolute atomic E-state index is 10.8. The number of anilines is 2. The highest BCUT2D eigenvalue weighted by molar-refractivity contribution is 5.80. The average Bonchev–Trinajstić information content (AvgIpc) is 2.39. The van der Waals surface area contributed by atoms with E-state index in [0.29, 0.717) is 0 Å². The summed E-state index contributed by atoms with van der Waals surface area (Å²) in [6.45, 7) is 0. The van der Waals surface area contributed by atoms with Crippen molar-refractivity contribution < 1.29 is 4.92 Å². The summed E-state index contributed by atoms with van der Waals surface area (Å²) in [4.78, 5) is 21.3. The van der Waals surface area contributed by atoms with Crippen LogP contribution in [-0.2, 0) is 0 Å². The zero-order chi connectivity index (χ0) is 13.7. The summed E-state index contributed by atoms with van der Waals surface area (Å²) in [6, 6.07) is 3.52. The summed E-state index contributed by atoms with van der Waals surface area (Å²) in [7, 11) is 0. The van der Waals surface area contributed by atoms with Crippen LogP contribution >= 0.6 is 0 Å². The monoisotopic (exact) mass is 259 g/mol. The molecule has 0 aliphatic carbocycles. The standard InChI is InChI=1S/C10H9N7O2/c11-9-8(17(18)19)10(14-6-13-9)16-15-5-7-2-1-3-12-4-7/h1-6H,(H3,11,13,14,16). The van der Waals surface area contributed by atoms with Crippen molar-refractivity contribution in [3.63, 3.8) is 0 Å². The normalized spacial score (nSPS) is 10.5. The van der Waals surface area contributed by atoms with Gasteiger partial charge in [-0.05, 0) is 6.07 Å². The van der Waals surface area contributed by atoms with E-state index in [9.17, 15) is 10.1 Å². The highest BCUT2D eigenvalue weighted by Crippen LogP contribution is 2.25. The van der Waals surface area contributed by atoms with Gasteiger partial charge in [0.2, 0.25) is 11.6 Å². The molecule has 0 spiro atoms. The van der Waals surface area contributed by atoms with Crippen LogP contribution in [0.1, 0.15) is 5.56 Å². The number of nitrogen functional groups attached to an aromatic ring is 1. The van der Waals surface area contributed by atoms with Crippen molar-refractivity contribution in [2.75, 3.05) is 11.2 Å². The SMILES string of the molecule is Nc1ncnc(NN=Cc2cccnc2)c1[N+](=O)[O-]. The zero-order valence-electron chi connectivity index (χ0n) is 9.59. The van der Waals surface area contributed by atoms with Crippen LogP contribution < -0.4 is 11.2 Å². The maximum atomic E-state index is 10.8. The van der Waals surface area contributed by atoms with Crippen LogP contribution in [0.3, 0.4) is 0 Å². The molecule has 0 unspecified atom stereocenters. The largest absolute Gasteiger partial charge is 0.378 e. The van der Waals surface area contributed by atoms with Crippen LogP contribution in [-0.4, -0.2) is 26.1 Å². The second kappa shape index (κ2) is 5.49. The Morgan fingerprint density at radius 1 is 1.47 bits per heavy atom. The van der Waals surface area contributed by atoms with E-state index < -0.39 is 10.6 Å². The van der Waals surface area contributed by atoms with E-state index in [1.165, 1.54) is 6.21 Å². The van der Waals surface area contributed by atoms with E-state index >= 15 is 0 Å². The molecule has 0 aliphatic rings. The molecule has 9 heteroatoms. The van der Waals surface area contributed by atoms with E-state index in [4.69, 9.17) is 5.73 Å². The lowest BCUT2D eigenvalue weighted by Crippen LogP contribution is -2.04. The molecule has 0 aliphatic heterocycles. The Hall–Kier alpha value is -3.10. The molecule has 9 nitrogen and oxygen atoms in total. The van der Waals surface area contributed by atoms with Crippen LogP contribution in [0.5, 0.6) is 0 Å². The van der Waals surface area contributed by atoms with Gasteiger partial charge in [-0.15, -0.1) is 0 Å². The Balaban J connectivity index is 2.18. The predicted molar refractivity (Wildman–Crippen MR) is 68.6 cm³/mol. The van der Waals surface area contributed by atoms with Crippen molar-refractivity contribution >= 4 is 23.5 Å². The molecule has 96 valence electrons. The second-order valence-corrected chi connectivity index (χ2v) is 3.37. The van der Waals surface area contributed by atoms with Gasteiger partial charge < -0.3 is 5.73 Å². The van der Waals surface area contributed by atoms with Crippen LogP contribution in [0.4, 0.5) is 17.3 Å². The lowest BCUT2D eigenvalue weighted by Gasteiger charge is -2.01. The molecule has 0 aromatic carbocycles. The highest BCUT2D eigenvalue weighted by atomic mass is 16.6. The predicted octanol–water partition coefficient (Wildman–Crippen LogP) is 0.808. The third-order valence-corrected chi connectivity index (χ3v) is 2.10. The molecule has 0 atom stereocenters. The molecule has 2 heterocycles. The van der Waals surface area contributed by atoms with E-state index in [2.05, 4.69) is 25.5 Å². The zero-order valence-corrected chi connectivity index (χ0v) is 9.59. The first-order valence-corrected chi connectivity index (χ1v) is 5.12. The van der Waals surface area contributed by atoms with Crippen LogP contribution in [0.15, 0.2) is 36.0 Å². The fourth-order valence-electron chi connectivity index (χ4n) is 1.27. The minimum atomic E-state index is -0.669. The molecule has 2 aromatic rings. The third-order valence-electron chi connectivity index (χ3n) is 2.10. The molecular weight excluding hydrogens is 250 g/mol. The number of hydrazone groups is 1. The molecular formula is C10H9N7O2. The topological polar surface area (TPSA) is 132 Å². The number of nitrogens with two attached hydrogens (primary N) is 1. The summed E-state index contributed by atoms with van der Waals surface area (Å²) in [5.74, 6) is -0.295. The summed E-state index contributed by atoms with van der Waals surface area (Å²) in [5.41, 5.74) is 8.19. The van der Waals surface area contributed by atoms with Gasteiger partial charge in [0.25, 0.3) is 0 Å². The van der Waals surface area contributed by atoms with Crippen molar-refractivity contribution in [3.8, 4) is 0 Å². The molecule has 2 aromatic heterocycles. The van der Waals surface area contributed by atoms with Crippen LogP contribution in [0.2, 0.25) is 0 Å². The minimum Gasteiger partial charge on any atom is -0.378 e. The molecule has 0 bridgehead atoms. The Kier molecular flexibility index (Phi) is 3.57. The van der Waals surface area contributed by atoms with Crippen LogP contribution in [0.25, 0.3) is 0 Å². The van der Waals surface area contributed by atoms with Gasteiger partial charge in [-0.2, -0.15) is 5.10 Å². The summed E-state index contributed by atoms with van der Waals surface area (Å²) >= 11 is 0. The van der Waals surface area contributed by atoms with Crippen molar-refractivity contribution in [3.05, 3.63) is 46.5 Å². The number of hydrogen-bond acceptors (Lipinski definition) is 8. The fourth-order valence-corrected chi connectivity index (χ4v) is 1.27. The number of rotatable bonds is 4. The summed E-state index contributed by atoms with van der Waals surface area (Å²) in [6.07, 6.45) is 5.79. The third kappa shape index (κ3) is 2.97. The Labute approximate surface area is 107 Å². The number of pyridine rings is 1. The molecule has 0 fully saturated rings. The molecule has 0 saturated carbocycles. The molecule has 19 heavy (non-hydrogen) atoms. The van der Waals surface area contributed by atoms with Gasteiger partial charge in [-0.25, -0.2) is 9.97 Å². The minimum absolute atomic E-state index is 0.0716. The number of nitrogens with zero attached hydrogens (tertiary/aromatic N) is 5. The van der Waals surface area contributed by atoms with E-state index in [-0.39, 0.29) is 11.6 Å². The Bertz CT molecular complexity index is 615. The summed E-state index contributed by atoms with van der Waals surface area (Å²) in [5, 5.41) is 14.7. The fraction of sp³-hybridized carbons (Fsp3) is 0. The average molecular weight is 259 g/mol. The van der Waals surface area contributed by atoms with Crippen molar-refractivity contribution in [2.45, 2.75) is 0 Å². The molecule has 0 amide bonds. The molecule has 0 radical (unpaired) electrons. The van der Waals surface area contributed by atoms with Gasteiger partial charge in [0.15, 0.2) is 0 Å². The molecule has 0 saturated heterocycles. The van der Waals surface area contributed by atoms with Crippen LogP contribution in [0, 0.1) is 10.1 Å². The highest BCUT2D eigenvalue weighted by Gasteiger charge is 2.20. The first-order chi connectivity index (χ1) is 9.18. The maximum Gasteiger partial charge on any atom is 0.354 e. The number of nitrogens with one attached hydrogen (secondary N) is 1. The Morgan fingerprint density at radius 2 is 2.32 bits per heavy atom. The first kappa shape index (κ1) is 12.4. The van der Waals surface area contributed by atoms with E-state index in [0.717, 1.165) is 11.9 Å². The molecule has 2 rings (SSSR count).